The minimum atomic E-state index is 0.0933. The Hall–Kier alpha value is -1.81. The van der Waals surface area contributed by atoms with Crippen molar-refractivity contribution in [3.63, 3.8) is 0 Å². The summed E-state index contributed by atoms with van der Waals surface area (Å²) >= 11 is 0. The average Bonchev–Trinajstić information content (AvgIpc) is 2.92. The highest BCUT2D eigenvalue weighted by Gasteiger charge is 2.20. The quantitative estimate of drug-likeness (QED) is 0.829. The van der Waals surface area contributed by atoms with Gasteiger partial charge in [0, 0.05) is 38.2 Å². The number of amides is 1. The monoisotopic (exact) mass is 272 g/mol. The Balaban J connectivity index is 1.68. The predicted octanol–water partition coefficient (Wildman–Crippen LogP) is 1.45. The number of piperazine rings is 1. The third-order valence-corrected chi connectivity index (χ3v) is 3.92. The highest BCUT2D eigenvalue weighted by Crippen LogP contribution is 2.26. The number of nitrogens with one attached hydrogen (secondary N) is 1. The SMILES string of the molecule is CC1CNCCN1C(=O)/C=C/c1ccc2c(c1)CCO2. The number of nitrogens with zero attached hydrogens (tertiary/aromatic N) is 1. The first-order valence-electron chi connectivity index (χ1n) is 7.19. The van der Waals surface area contributed by atoms with Gasteiger partial charge in [0.25, 0.3) is 0 Å². The molecule has 0 saturated carbocycles. The summed E-state index contributed by atoms with van der Waals surface area (Å²) in [6, 6.07) is 6.34. The van der Waals surface area contributed by atoms with Crippen LogP contribution >= 0.6 is 0 Å². The minimum absolute atomic E-state index is 0.0933. The van der Waals surface area contributed by atoms with E-state index in [1.54, 1.807) is 6.08 Å². The zero-order valence-electron chi connectivity index (χ0n) is 11.8. The fourth-order valence-corrected chi connectivity index (χ4v) is 2.74. The van der Waals surface area contributed by atoms with Gasteiger partial charge < -0.3 is 15.0 Å². The Morgan fingerprint density at radius 2 is 2.40 bits per heavy atom. The lowest BCUT2D eigenvalue weighted by molar-refractivity contribution is -0.128. The third kappa shape index (κ3) is 2.70. The van der Waals surface area contributed by atoms with E-state index in [2.05, 4.69) is 18.3 Å². The normalized spacial score (nSPS) is 21.9. The van der Waals surface area contributed by atoms with Crippen molar-refractivity contribution in [3.8, 4) is 5.75 Å². The van der Waals surface area contributed by atoms with Crippen molar-refractivity contribution in [2.24, 2.45) is 0 Å². The van der Waals surface area contributed by atoms with Crippen LogP contribution in [-0.2, 0) is 11.2 Å². The van der Waals surface area contributed by atoms with Crippen LogP contribution in [0, 0.1) is 0 Å². The van der Waals surface area contributed by atoms with E-state index in [1.165, 1.54) is 5.56 Å². The molecule has 1 saturated heterocycles. The van der Waals surface area contributed by atoms with E-state index >= 15 is 0 Å². The molecule has 2 heterocycles. The molecule has 2 aliphatic rings. The second kappa shape index (κ2) is 5.67. The molecule has 4 nitrogen and oxygen atoms in total. The highest BCUT2D eigenvalue weighted by atomic mass is 16.5. The van der Waals surface area contributed by atoms with E-state index in [1.807, 2.05) is 23.1 Å². The van der Waals surface area contributed by atoms with Gasteiger partial charge in [0.05, 0.1) is 6.61 Å². The first-order chi connectivity index (χ1) is 9.74. The molecular weight excluding hydrogens is 252 g/mol. The molecule has 0 aromatic heterocycles. The van der Waals surface area contributed by atoms with Crippen LogP contribution in [0.25, 0.3) is 6.08 Å². The van der Waals surface area contributed by atoms with Gasteiger partial charge in [-0.15, -0.1) is 0 Å². The lowest BCUT2D eigenvalue weighted by atomic mass is 10.1. The maximum Gasteiger partial charge on any atom is 0.246 e. The van der Waals surface area contributed by atoms with Gasteiger partial charge in [0.2, 0.25) is 5.91 Å². The van der Waals surface area contributed by atoms with Gasteiger partial charge in [0.15, 0.2) is 0 Å². The molecule has 3 rings (SSSR count). The molecular formula is C16H20N2O2. The number of ether oxygens (including phenoxy) is 1. The maximum absolute atomic E-state index is 12.2. The molecule has 106 valence electrons. The number of hydrogen-bond acceptors (Lipinski definition) is 3. The molecule has 1 atom stereocenters. The molecule has 0 aliphatic carbocycles. The van der Waals surface area contributed by atoms with Gasteiger partial charge in [-0.05, 0) is 36.3 Å². The zero-order valence-corrected chi connectivity index (χ0v) is 11.8. The molecule has 1 unspecified atom stereocenters. The van der Waals surface area contributed by atoms with E-state index in [0.29, 0.717) is 0 Å². The predicted molar refractivity (Wildman–Crippen MR) is 78.7 cm³/mol. The summed E-state index contributed by atoms with van der Waals surface area (Å²) in [5.74, 6) is 1.07. The molecule has 1 fully saturated rings. The average molecular weight is 272 g/mol. The molecule has 2 aliphatic heterocycles. The van der Waals surface area contributed by atoms with E-state index in [4.69, 9.17) is 4.74 Å². The van der Waals surface area contributed by atoms with Gasteiger partial charge in [0.1, 0.15) is 5.75 Å². The maximum atomic E-state index is 12.2. The van der Waals surface area contributed by atoms with Crippen molar-refractivity contribution in [1.82, 2.24) is 10.2 Å². The van der Waals surface area contributed by atoms with Crippen LogP contribution in [-0.4, -0.2) is 43.1 Å². The summed E-state index contributed by atoms with van der Waals surface area (Å²) in [4.78, 5) is 14.1. The summed E-state index contributed by atoms with van der Waals surface area (Å²) in [7, 11) is 0. The first-order valence-corrected chi connectivity index (χ1v) is 7.19. The number of carbonyl (C=O) groups is 1. The fourth-order valence-electron chi connectivity index (χ4n) is 2.74. The molecule has 20 heavy (non-hydrogen) atoms. The largest absolute Gasteiger partial charge is 0.493 e. The van der Waals surface area contributed by atoms with Crippen LogP contribution < -0.4 is 10.1 Å². The van der Waals surface area contributed by atoms with Crippen molar-refractivity contribution in [2.75, 3.05) is 26.2 Å². The Morgan fingerprint density at radius 3 is 3.25 bits per heavy atom. The second-order valence-corrected chi connectivity index (χ2v) is 5.38. The Labute approximate surface area is 119 Å². The van der Waals surface area contributed by atoms with Crippen LogP contribution in [0.3, 0.4) is 0 Å². The van der Waals surface area contributed by atoms with E-state index in [-0.39, 0.29) is 11.9 Å². The molecule has 1 amide bonds. The van der Waals surface area contributed by atoms with Crippen molar-refractivity contribution in [2.45, 2.75) is 19.4 Å². The lowest BCUT2D eigenvalue weighted by Gasteiger charge is -2.33. The Bertz CT molecular complexity index is 539. The summed E-state index contributed by atoms with van der Waals surface area (Å²) in [5, 5.41) is 3.29. The minimum Gasteiger partial charge on any atom is -0.493 e. The summed E-state index contributed by atoms with van der Waals surface area (Å²) in [6.45, 7) is 5.36. The Morgan fingerprint density at radius 1 is 1.50 bits per heavy atom. The molecule has 1 N–H and O–H groups in total. The molecule has 1 aromatic carbocycles. The smallest absolute Gasteiger partial charge is 0.246 e. The molecule has 4 heteroatoms. The van der Waals surface area contributed by atoms with E-state index < -0.39 is 0 Å². The van der Waals surface area contributed by atoms with Crippen molar-refractivity contribution >= 4 is 12.0 Å². The van der Waals surface area contributed by atoms with Crippen molar-refractivity contribution in [1.29, 1.82) is 0 Å². The van der Waals surface area contributed by atoms with Crippen LogP contribution in [0.5, 0.6) is 5.75 Å². The lowest BCUT2D eigenvalue weighted by Crippen LogP contribution is -2.51. The zero-order chi connectivity index (χ0) is 13.9. The van der Waals surface area contributed by atoms with Gasteiger partial charge in [-0.2, -0.15) is 0 Å². The molecule has 1 aromatic rings. The van der Waals surface area contributed by atoms with Gasteiger partial charge >= 0.3 is 0 Å². The standard InChI is InChI=1S/C16H20N2O2/c1-12-11-17-7-8-18(12)16(19)5-3-13-2-4-15-14(10-13)6-9-20-15/h2-5,10,12,17H,6-9,11H2,1H3/b5-3+. The number of carbonyl (C=O) groups excluding carboxylic acids is 1. The highest BCUT2D eigenvalue weighted by molar-refractivity contribution is 5.92. The van der Waals surface area contributed by atoms with Crippen LogP contribution in [0.2, 0.25) is 0 Å². The van der Waals surface area contributed by atoms with Gasteiger partial charge in [-0.1, -0.05) is 6.07 Å². The molecule has 0 spiro atoms. The second-order valence-electron chi connectivity index (χ2n) is 5.38. The van der Waals surface area contributed by atoms with E-state index in [9.17, 15) is 4.79 Å². The molecule has 0 radical (unpaired) electrons. The number of fused-ring (bicyclic) bond motifs is 1. The van der Waals surface area contributed by atoms with Crippen LogP contribution in [0.1, 0.15) is 18.1 Å². The number of hydrogen-bond donors (Lipinski definition) is 1. The topological polar surface area (TPSA) is 41.6 Å². The van der Waals surface area contributed by atoms with Crippen LogP contribution in [0.15, 0.2) is 24.3 Å². The van der Waals surface area contributed by atoms with Crippen molar-refractivity contribution in [3.05, 3.63) is 35.4 Å². The Kier molecular flexibility index (Phi) is 3.74. The first kappa shape index (κ1) is 13.2. The summed E-state index contributed by atoms with van der Waals surface area (Å²) < 4.78 is 5.48. The third-order valence-electron chi connectivity index (χ3n) is 3.92. The van der Waals surface area contributed by atoms with Crippen molar-refractivity contribution < 1.29 is 9.53 Å². The summed E-state index contributed by atoms with van der Waals surface area (Å²) in [5.41, 5.74) is 2.29. The van der Waals surface area contributed by atoms with Crippen LogP contribution in [0.4, 0.5) is 0 Å². The number of benzene rings is 1. The van der Waals surface area contributed by atoms with Gasteiger partial charge in [-0.25, -0.2) is 0 Å². The molecule has 0 bridgehead atoms. The van der Waals surface area contributed by atoms with Gasteiger partial charge in [-0.3, -0.25) is 4.79 Å². The summed E-state index contributed by atoms with van der Waals surface area (Å²) in [6.07, 6.45) is 4.54. The van der Waals surface area contributed by atoms with E-state index in [0.717, 1.165) is 44.0 Å². The fraction of sp³-hybridized carbons (Fsp3) is 0.438. The number of rotatable bonds is 2.